The lowest BCUT2D eigenvalue weighted by molar-refractivity contribution is -0.119. The fourth-order valence-electron chi connectivity index (χ4n) is 2.77. The van der Waals surface area contributed by atoms with E-state index in [0.717, 1.165) is 11.4 Å². The Morgan fingerprint density at radius 1 is 1.40 bits per heavy atom. The number of carbonyl (C=O) groups is 1. The second kappa shape index (κ2) is 6.71. The summed E-state index contributed by atoms with van der Waals surface area (Å²) in [4.78, 5) is 18.8. The van der Waals surface area contributed by atoms with Gasteiger partial charge in [0.2, 0.25) is 5.91 Å². The van der Waals surface area contributed by atoms with Crippen molar-refractivity contribution in [2.75, 3.05) is 11.4 Å². The van der Waals surface area contributed by atoms with Gasteiger partial charge >= 0.3 is 0 Å². The van der Waals surface area contributed by atoms with E-state index in [9.17, 15) is 4.79 Å². The molecule has 1 aliphatic rings. The van der Waals surface area contributed by atoms with E-state index in [-0.39, 0.29) is 17.4 Å². The summed E-state index contributed by atoms with van der Waals surface area (Å²) in [5.41, 5.74) is 0.628. The van der Waals surface area contributed by atoms with E-state index < -0.39 is 0 Å². The van der Waals surface area contributed by atoms with Crippen LogP contribution in [0.15, 0.2) is 28.8 Å². The Morgan fingerprint density at radius 2 is 2.16 bits per heavy atom. The summed E-state index contributed by atoms with van der Waals surface area (Å²) in [5.74, 6) is 2.11. The van der Waals surface area contributed by atoms with Crippen molar-refractivity contribution in [2.24, 2.45) is 0 Å². The number of halogens is 1. The predicted octanol–water partition coefficient (Wildman–Crippen LogP) is 4.37. The van der Waals surface area contributed by atoms with Crippen molar-refractivity contribution in [3.63, 3.8) is 0 Å². The van der Waals surface area contributed by atoms with Crippen LogP contribution in [-0.2, 0) is 16.6 Å². The molecule has 1 aliphatic heterocycles. The van der Waals surface area contributed by atoms with E-state index in [4.69, 9.17) is 20.8 Å². The van der Waals surface area contributed by atoms with Crippen molar-refractivity contribution in [3.05, 3.63) is 41.1 Å². The average molecular weight is 363 g/mol. The monoisotopic (exact) mass is 362 g/mol. The van der Waals surface area contributed by atoms with E-state index >= 15 is 0 Å². The van der Waals surface area contributed by atoms with Gasteiger partial charge in [-0.05, 0) is 25.1 Å². The molecule has 5 nitrogen and oxygen atoms in total. The number of aromatic nitrogens is 1. The summed E-state index contributed by atoms with van der Waals surface area (Å²) < 4.78 is 11.6. The first-order valence-corrected chi connectivity index (χ1v) is 8.83. The molecule has 2 heterocycles. The van der Waals surface area contributed by atoms with Gasteiger partial charge in [-0.1, -0.05) is 32.4 Å². The molecule has 0 aliphatic carbocycles. The quantitative estimate of drug-likeness (QED) is 0.813. The van der Waals surface area contributed by atoms with Crippen molar-refractivity contribution < 1.29 is 13.9 Å². The zero-order valence-corrected chi connectivity index (χ0v) is 15.8. The maximum Gasteiger partial charge on any atom is 0.227 e. The highest BCUT2D eigenvalue weighted by Crippen LogP contribution is 2.36. The average Bonchev–Trinajstić information content (AvgIpc) is 3.01. The summed E-state index contributed by atoms with van der Waals surface area (Å²) in [6, 6.07) is 5.34. The minimum Gasteiger partial charge on any atom is -0.487 e. The zero-order valence-electron chi connectivity index (χ0n) is 15.0. The molecule has 25 heavy (non-hydrogen) atoms. The van der Waals surface area contributed by atoms with E-state index in [1.54, 1.807) is 29.3 Å². The van der Waals surface area contributed by atoms with Crippen LogP contribution in [0.4, 0.5) is 5.69 Å². The van der Waals surface area contributed by atoms with Crippen LogP contribution in [0.5, 0.6) is 5.75 Å². The maximum absolute atomic E-state index is 12.8. The highest BCUT2D eigenvalue weighted by Gasteiger charge is 2.28. The van der Waals surface area contributed by atoms with Crippen LogP contribution in [0.1, 0.15) is 45.8 Å². The van der Waals surface area contributed by atoms with Crippen LogP contribution < -0.4 is 9.64 Å². The second-order valence-corrected chi connectivity index (χ2v) is 7.85. The Balaban J connectivity index is 1.71. The lowest BCUT2D eigenvalue weighted by Gasteiger charge is -2.33. The fraction of sp³-hybridized carbons (Fsp3) is 0.474. The smallest absolute Gasteiger partial charge is 0.227 e. The third kappa shape index (κ3) is 3.98. The molecule has 6 heteroatoms. The highest BCUT2D eigenvalue weighted by molar-refractivity contribution is 6.31. The number of hydrogen-bond acceptors (Lipinski definition) is 4. The number of amides is 1. The molecule has 3 rings (SSSR count). The molecular formula is C19H23ClN2O3. The van der Waals surface area contributed by atoms with Gasteiger partial charge in [0.1, 0.15) is 17.6 Å². The van der Waals surface area contributed by atoms with Gasteiger partial charge in [0.15, 0.2) is 5.89 Å². The number of nitrogens with zero attached hydrogens (tertiary/aromatic N) is 2. The number of fused-ring (bicyclic) bond motifs is 1. The van der Waals surface area contributed by atoms with Gasteiger partial charge in [0, 0.05) is 23.3 Å². The summed E-state index contributed by atoms with van der Waals surface area (Å²) in [6.07, 6.45) is 2.47. The number of ether oxygens (including phenoxy) is 1. The Kier molecular flexibility index (Phi) is 4.78. The molecule has 0 bridgehead atoms. The minimum absolute atomic E-state index is 0.00850. The summed E-state index contributed by atoms with van der Waals surface area (Å²) in [6.45, 7) is 8.65. The van der Waals surface area contributed by atoms with Gasteiger partial charge in [0.25, 0.3) is 0 Å². The van der Waals surface area contributed by atoms with Gasteiger partial charge in [-0.3, -0.25) is 4.79 Å². The molecule has 0 saturated heterocycles. The second-order valence-electron chi connectivity index (χ2n) is 7.41. The maximum atomic E-state index is 12.8. The number of hydrogen-bond donors (Lipinski definition) is 0. The van der Waals surface area contributed by atoms with Crippen molar-refractivity contribution in [1.82, 2.24) is 4.98 Å². The molecule has 0 N–H and O–H groups in total. The SMILES string of the molecule is CC1CN(C(=O)CCc2ncc(C(C)(C)C)o2)c2cc(Cl)ccc2O1. The van der Waals surface area contributed by atoms with E-state index in [1.807, 2.05) is 6.92 Å². The fourth-order valence-corrected chi connectivity index (χ4v) is 2.93. The molecule has 0 radical (unpaired) electrons. The van der Waals surface area contributed by atoms with E-state index in [1.165, 1.54) is 0 Å². The summed E-state index contributed by atoms with van der Waals surface area (Å²) >= 11 is 6.08. The first-order valence-electron chi connectivity index (χ1n) is 8.46. The molecular weight excluding hydrogens is 340 g/mol. The molecule has 1 aromatic carbocycles. The predicted molar refractivity (Wildman–Crippen MR) is 97.4 cm³/mol. The van der Waals surface area contributed by atoms with Crippen molar-refractivity contribution in [1.29, 1.82) is 0 Å². The Bertz CT molecular complexity index is 779. The molecule has 0 fully saturated rings. The first kappa shape index (κ1) is 17.8. The number of benzene rings is 1. The van der Waals surface area contributed by atoms with Crippen LogP contribution in [-0.4, -0.2) is 23.5 Å². The Hall–Kier alpha value is -2.01. The standard InChI is InChI=1S/C19H23ClN2O3/c1-12-11-22(14-9-13(20)5-6-15(14)24-12)18(23)8-7-17-21-10-16(25-17)19(2,3)4/h5-6,9-10,12H,7-8,11H2,1-4H3. The van der Waals surface area contributed by atoms with Crippen molar-refractivity contribution in [3.8, 4) is 5.75 Å². The first-order chi connectivity index (χ1) is 11.7. The zero-order chi connectivity index (χ0) is 18.2. The lowest BCUT2D eigenvalue weighted by Crippen LogP contribution is -2.42. The third-order valence-corrected chi connectivity index (χ3v) is 4.36. The number of aryl methyl sites for hydroxylation is 1. The van der Waals surface area contributed by atoms with Crippen LogP contribution in [0.2, 0.25) is 5.02 Å². The molecule has 134 valence electrons. The molecule has 0 spiro atoms. The molecule has 2 aromatic rings. The van der Waals surface area contributed by atoms with Crippen molar-refractivity contribution in [2.45, 2.75) is 52.1 Å². The number of carbonyl (C=O) groups excluding carboxylic acids is 1. The molecule has 1 atom stereocenters. The van der Waals surface area contributed by atoms with Gasteiger partial charge in [-0.25, -0.2) is 4.98 Å². The van der Waals surface area contributed by atoms with E-state index in [0.29, 0.717) is 36.0 Å². The lowest BCUT2D eigenvalue weighted by atomic mass is 9.94. The normalized spacial score (nSPS) is 17.2. The minimum atomic E-state index is -0.0927. The Morgan fingerprint density at radius 3 is 2.84 bits per heavy atom. The van der Waals surface area contributed by atoms with Gasteiger partial charge in [0.05, 0.1) is 18.4 Å². The molecule has 1 amide bonds. The number of rotatable bonds is 3. The van der Waals surface area contributed by atoms with Gasteiger partial charge in [-0.2, -0.15) is 0 Å². The third-order valence-electron chi connectivity index (χ3n) is 4.13. The van der Waals surface area contributed by atoms with Crippen molar-refractivity contribution >= 4 is 23.2 Å². The molecule has 1 unspecified atom stereocenters. The largest absolute Gasteiger partial charge is 0.487 e. The Labute approximate surface area is 152 Å². The van der Waals surface area contributed by atoms with E-state index in [2.05, 4.69) is 25.8 Å². The number of anilines is 1. The molecule has 0 saturated carbocycles. The summed E-state index contributed by atoms with van der Waals surface area (Å²) in [7, 11) is 0. The highest BCUT2D eigenvalue weighted by atomic mass is 35.5. The van der Waals surface area contributed by atoms with Gasteiger partial charge in [-0.15, -0.1) is 0 Å². The number of oxazole rings is 1. The molecule has 1 aromatic heterocycles. The van der Waals surface area contributed by atoms with Crippen LogP contribution >= 0.6 is 11.6 Å². The topological polar surface area (TPSA) is 55.6 Å². The van der Waals surface area contributed by atoms with Crippen LogP contribution in [0, 0.1) is 0 Å². The van der Waals surface area contributed by atoms with Crippen LogP contribution in [0.25, 0.3) is 0 Å². The van der Waals surface area contributed by atoms with Crippen LogP contribution in [0.3, 0.4) is 0 Å². The summed E-state index contributed by atoms with van der Waals surface area (Å²) in [5, 5.41) is 0.581. The van der Waals surface area contributed by atoms with Gasteiger partial charge < -0.3 is 14.1 Å².